The van der Waals surface area contributed by atoms with Gasteiger partial charge in [0.05, 0.1) is 44.6 Å². The summed E-state index contributed by atoms with van der Waals surface area (Å²) in [5.74, 6) is -4.03. The second-order valence-electron chi connectivity index (χ2n) is 28.1. The van der Waals surface area contributed by atoms with E-state index < -0.39 is 230 Å². The number of aliphatic hydroxyl groups excluding tert-OH is 13. The molecule has 28 nitrogen and oxygen atoms in total. The lowest BCUT2D eigenvalue weighted by atomic mass is 9.33. The number of carbonyl (C=O) groups excluding carboxylic acids is 2. The van der Waals surface area contributed by atoms with E-state index in [0.717, 1.165) is 5.57 Å². The normalized spacial score (nSPS) is 53.7. The van der Waals surface area contributed by atoms with Gasteiger partial charge in [0.15, 0.2) is 37.0 Å². The molecule has 5 aliphatic heterocycles. The molecule has 5 aliphatic carbocycles. The van der Waals surface area contributed by atoms with Gasteiger partial charge in [0.25, 0.3) is 0 Å². The Hall–Kier alpha value is -2.57. The van der Waals surface area contributed by atoms with Crippen LogP contribution in [0.25, 0.3) is 0 Å². The van der Waals surface area contributed by atoms with Crippen LogP contribution < -0.4 is 0 Å². The van der Waals surface area contributed by atoms with Crippen LogP contribution in [0.5, 0.6) is 0 Å². The molecule has 5 saturated heterocycles. The highest BCUT2D eigenvalue weighted by Crippen LogP contribution is 2.76. The molecule has 0 aromatic rings. The van der Waals surface area contributed by atoms with E-state index in [1.165, 1.54) is 13.8 Å². The van der Waals surface area contributed by atoms with E-state index in [-0.39, 0.29) is 24.2 Å². The molecule has 31 atom stereocenters. The molecule has 86 heavy (non-hydrogen) atoms. The number of rotatable bonds is 14. The first-order valence-electron chi connectivity index (χ1n) is 30.1. The summed E-state index contributed by atoms with van der Waals surface area (Å²) in [6, 6.07) is 0. The van der Waals surface area contributed by atoms with Crippen molar-refractivity contribution < 1.29 is 138 Å². The number of carboxylic acids is 1. The van der Waals surface area contributed by atoms with E-state index in [1.54, 1.807) is 0 Å². The lowest BCUT2D eigenvalue weighted by Crippen LogP contribution is -2.69. The van der Waals surface area contributed by atoms with Crippen LogP contribution in [0.2, 0.25) is 0 Å². The van der Waals surface area contributed by atoms with E-state index in [0.29, 0.717) is 44.9 Å². The summed E-state index contributed by atoms with van der Waals surface area (Å²) < 4.78 is 59.6. The largest absolute Gasteiger partial charge is 0.481 e. The summed E-state index contributed by atoms with van der Waals surface area (Å²) in [6.07, 6.45) is -32.8. The third-order valence-electron chi connectivity index (χ3n) is 22.7. The molecule has 5 heterocycles. The van der Waals surface area contributed by atoms with Crippen LogP contribution >= 0.6 is 0 Å². The van der Waals surface area contributed by atoms with Crippen LogP contribution in [0.3, 0.4) is 0 Å². The van der Waals surface area contributed by atoms with Crippen molar-refractivity contribution in [2.24, 2.45) is 50.2 Å². The van der Waals surface area contributed by atoms with Gasteiger partial charge in [-0.15, -0.1) is 0 Å². The number of ether oxygens (including phenoxy) is 10. The standard InChI is InChI=1S/C58H90O28/c1-23-40(82-45-37(69)32(64)27(63)20-77-45)41(83-49-43(72)58(76,21-61)22-78-49)39(71)47(79-23)84-42-36(68)34(66)29(19-60)81-48(42)86-51(75)57-14-12-52(2,3)16-25(57)24-8-9-30-53(4)17-26(62)44(85-46-38(70)35(67)33(65)28(18-59)80-46)56(7,50(73)74)31(53)10-11-55(30,6)54(24,5)13-15-57/h8,23,25,27-49,59-61,63-72,76H,9-22H2,1-7H3,(H,73,74)/t23-,25-,27+,28+,29+,30+,31+,32-,33+,34+,35-,36-,37+,38+,39+,40-,41-,42+,43-,44-,45-,46-,47-,48-,49-,53+,54+,55+,56-,57-,58+/m0/s1. The highest BCUT2D eigenvalue weighted by atomic mass is 16.8. The topological polar surface area (TPSA) is 447 Å². The Balaban J connectivity index is 0.924. The predicted octanol–water partition coefficient (Wildman–Crippen LogP) is -3.66. The van der Waals surface area contributed by atoms with E-state index in [2.05, 4.69) is 33.8 Å². The first-order chi connectivity index (χ1) is 40.2. The van der Waals surface area contributed by atoms with Crippen LogP contribution in [0.1, 0.15) is 106 Å². The van der Waals surface area contributed by atoms with Gasteiger partial charge >= 0.3 is 11.9 Å². The molecule has 4 saturated carbocycles. The summed E-state index contributed by atoms with van der Waals surface area (Å²) >= 11 is 0. The van der Waals surface area contributed by atoms with E-state index in [4.69, 9.17) is 47.4 Å². The zero-order chi connectivity index (χ0) is 62.9. The van der Waals surface area contributed by atoms with Crippen LogP contribution in [0.4, 0.5) is 0 Å². The molecular weight excluding hydrogens is 1140 g/mol. The fourth-order valence-electron chi connectivity index (χ4n) is 17.2. The Kier molecular flexibility index (Phi) is 18.4. The van der Waals surface area contributed by atoms with Gasteiger partial charge in [0, 0.05) is 6.42 Å². The van der Waals surface area contributed by atoms with Crippen molar-refractivity contribution in [2.45, 2.75) is 247 Å². The van der Waals surface area contributed by atoms with Crippen LogP contribution in [0.15, 0.2) is 11.6 Å². The van der Waals surface area contributed by atoms with Gasteiger partial charge in [-0.2, -0.15) is 0 Å². The maximum absolute atomic E-state index is 15.6. The molecule has 0 bridgehead atoms. The average molecular weight is 1240 g/mol. The monoisotopic (exact) mass is 1230 g/mol. The molecular formula is C58H90O28. The van der Waals surface area contributed by atoms with Crippen molar-refractivity contribution in [1.29, 1.82) is 0 Å². The van der Waals surface area contributed by atoms with Crippen molar-refractivity contribution in [3.8, 4) is 0 Å². The van der Waals surface area contributed by atoms with Crippen molar-refractivity contribution in [3.63, 3.8) is 0 Å². The minimum absolute atomic E-state index is 0.109. The molecule has 10 aliphatic rings. The Labute approximate surface area is 496 Å². The minimum atomic E-state index is -2.20. The fraction of sp³-hybridized carbons (Fsp3) is 0.914. The zero-order valence-electron chi connectivity index (χ0n) is 49.4. The summed E-state index contributed by atoms with van der Waals surface area (Å²) in [5.41, 5.74) is -6.79. The van der Waals surface area contributed by atoms with Gasteiger partial charge < -0.3 is 124 Å². The van der Waals surface area contributed by atoms with Crippen molar-refractivity contribution in [2.75, 3.05) is 33.0 Å². The first kappa shape index (κ1) is 66.4. The number of aliphatic hydroxyl groups is 14. The van der Waals surface area contributed by atoms with Gasteiger partial charge in [0.2, 0.25) is 6.29 Å². The maximum Gasteiger partial charge on any atom is 0.315 e. The van der Waals surface area contributed by atoms with Crippen LogP contribution in [-0.2, 0) is 61.8 Å². The quantitative estimate of drug-likeness (QED) is 0.0453. The number of carbonyl (C=O) groups is 3. The van der Waals surface area contributed by atoms with Gasteiger partial charge in [0.1, 0.15) is 103 Å². The number of esters is 1. The average Bonchev–Trinajstić information content (AvgIpc) is 0.836. The molecule has 0 amide bonds. The van der Waals surface area contributed by atoms with Crippen molar-refractivity contribution in [3.05, 3.63) is 11.6 Å². The van der Waals surface area contributed by atoms with E-state index >= 15 is 4.79 Å². The number of hydrogen-bond acceptors (Lipinski definition) is 27. The number of aliphatic carboxylic acids is 1. The minimum Gasteiger partial charge on any atom is -0.481 e. The smallest absolute Gasteiger partial charge is 0.315 e. The predicted molar refractivity (Wildman–Crippen MR) is 284 cm³/mol. The van der Waals surface area contributed by atoms with Crippen molar-refractivity contribution >= 4 is 17.7 Å². The lowest BCUT2D eigenvalue weighted by Gasteiger charge is -2.70. The Morgan fingerprint density at radius 3 is 1.88 bits per heavy atom. The number of carboxylic acid groups (broad SMARTS) is 1. The summed E-state index contributed by atoms with van der Waals surface area (Å²) in [7, 11) is 0. The Morgan fingerprint density at radius 1 is 0.640 bits per heavy atom. The Bertz CT molecular complexity index is 2520. The molecule has 15 N–H and O–H groups in total. The lowest BCUT2D eigenvalue weighted by molar-refractivity contribution is -0.385. The van der Waals surface area contributed by atoms with Gasteiger partial charge in [-0.1, -0.05) is 46.3 Å². The van der Waals surface area contributed by atoms with Gasteiger partial charge in [-0.3, -0.25) is 14.4 Å². The third-order valence-corrected chi connectivity index (χ3v) is 22.7. The van der Waals surface area contributed by atoms with E-state index in [9.17, 15) is 86.2 Å². The first-order valence-corrected chi connectivity index (χ1v) is 30.1. The molecule has 0 unspecified atom stereocenters. The second kappa shape index (κ2) is 23.8. The summed E-state index contributed by atoms with van der Waals surface area (Å²) in [5, 5.41) is 162. The number of fused-ring (bicyclic) bond motifs is 7. The fourth-order valence-corrected chi connectivity index (χ4v) is 17.2. The molecule has 28 heteroatoms. The number of hydrogen-bond donors (Lipinski definition) is 15. The molecule has 0 aromatic heterocycles. The molecule has 9 fully saturated rings. The molecule has 0 spiro atoms. The zero-order valence-corrected chi connectivity index (χ0v) is 49.4. The third kappa shape index (κ3) is 10.6. The molecule has 0 radical (unpaired) electrons. The molecule has 0 aromatic carbocycles. The van der Waals surface area contributed by atoms with Crippen LogP contribution in [0, 0.1) is 50.2 Å². The maximum atomic E-state index is 15.6. The van der Waals surface area contributed by atoms with Crippen molar-refractivity contribution in [1.82, 2.24) is 0 Å². The number of Topliss-reactive ketones (excluding diaryl/α,β-unsaturated/α-hetero) is 1. The Morgan fingerprint density at radius 2 is 1.24 bits per heavy atom. The number of ketones is 1. The van der Waals surface area contributed by atoms with E-state index in [1.807, 2.05) is 6.92 Å². The highest BCUT2D eigenvalue weighted by Gasteiger charge is 2.73. The molecule has 490 valence electrons. The second-order valence-corrected chi connectivity index (χ2v) is 28.1. The van der Waals surface area contributed by atoms with Crippen LogP contribution in [-0.4, -0.2) is 268 Å². The summed E-state index contributed by atoms with van der Waals surface area (Å²) in [4.78, 5) is 44.1. The van der Waals surface area contributed by atoms with Gasteiger partial charge in [-0.25, -0.2) is 0 Å². The summed E-state index contributed by atoms with van der Waals surface area (Å²) in [6.45, 7) is 9.73. The highest BCUT2D eigenvalue weighted by molar-refractivity contribution is 5.93. The SMILES string of the molecule is C[C@@H]1O[C@@H](O[C@H]2[C@H](OC(=O)[C@]34CCC(C)(C)C[C@H]3C3=CC[C@@H]5[C@@]6(C)CC(=O)[C@H](O[C@@H]7O[C@H](CO)[C@@H](O)[C@H](O)[C@H]7O)[C@@](C)(C(=O)O)[C@@H]6CC[C@@]5(C)[C@]3(C)CC4)O[C@H](CO)[C@@H](O)[C@@H]2O)[C@H](O)[C@H](O[C@@H]2OC[C@](O)(CO)[C@H]2O)[C@H]1O[C@@H]1OC[C@@H](O)[C@H](O)[C@H]1O. The molecule has 10 rings (SSSR count). The van der Waals surface area contributed by atoms with Gasteiger partial charge in [-0.05, 0) is 105 Å². The number of allylic oxidation sites excluding steroid dienone is 2.